The number of hydrogen-bond donors (Lipinski definition) is 1. The molecule has 0 aliphatic carbocycles. The van der Waals surface area contributed by atoms with Gasteiger partial charge in [0.25, 0.3) is 0 Å². The first-order valence-corrected chi connectivity index (χ1v) is 11.8. The van der Waals surface area contributed by atoms with E-state index in [4.69, 9.17) is 21.1 Å². The third-order valence-electron chi connectivity index (χ3n) is 5.76. The lowest BCUT2D eigenvalue weighted by molar-refractivity contribution is -0.145. The van der Waals surface area contributed by atoms with Crippen LogP contribution in [0.2, 0.25) is 4.34 Å². The van der Waals surface area contributed by atoms with Gasteiger partial charge in [0, 0.05) is 4.88 Å². The van der Waals surface area contributed by atoms with Crippen molar-refractivity contribution in [2.45, 2.75) is 38.0 Å². The maximum Gasteiger partial charge on any atom is 0.320 e. The van der Waals surface area contributed by atoms with E-state index in [0.717, 1.165) is 28.8 Å². The summed E-state index contributed by atoms with van der Waals surface area (Å²) < 4.78 is 12.3. The average Bonchev–Trinajstić information content (AvgIpc) is 3.24. The van der Waals surface area contributed by atoms with E-state index in [1.54, 1.807) is 7.11 Å². The van der Waals surface area contributed by atoms with E-state index in [0.29, 0.717) is 35.4 Å². The monoisotopic (exact) mass is 471 g/mol. The average molecular weight is 472 g/mol. The number of nitrogens with zero attached hydrogens (tertiary/aromatic N) is 1. The second-order valence-corrected chi connectivity index (χ2v) is 9.56. The number of carboxylic acids is 1. The quantitative estimate of drug-likeness (QED) is 0.435. The van der Waals surface area contributed by atoms with Gasteiger partial charge < -0.3 is 14.6 Å². The van der Waals surface area contributed by atoms with Crippen molar-refractivity contribution in [1.29, 1.82) is 0 Å². The summed E-state index contributed by atoms with van der Waals surface area (Å²) in [6.45, 7) is 1.15. The smallest absolute Gasteiger partial charge is 0.320 e. The molecule has 1 aliphatic rings. The van der Waals surface area contributed by atoms with Crippen molar-refractivity contribution in [2.75, 3.05) is 13.7 Å². The minimum atomic E-state index is -0.785. The van der Waals surface area contributed by atoms with Crippen LogP contribution < -0.4 is 9.47 Å². The first-order valence-electron chi connectivity index (χ1n) is 10.6. The molecule has 1 fully saturated rings. The van der Waals surface area contributed by atoms with Crippen LogP contribution in [-0.2, 0) is 11.4 Å². The summed E-state index contributed by atoms with van der Waals surface area (Å²) in [7, 11) is 1.62. The number of halogens is 1. The molecule has 2 unspecified atom stereocenters. The van der Waals surface area contributed by atoms with E-state index in [2.05, 4.69) is 4.90 Å². The van der Waals surface area contributed by atoms with Gasteiger partial charge in [0.2, 0.25) is 0 Å². The Labute approximate surface area is 197 Å². The van der Waals surface area contributed by atoms with Gasteiger partial charge >= 0.3 is 5.97 Å². The number of rotatable bonds is 8. The van der Waals surface area contributed by atoms with Crippen molar-refractivity contribution < 1.29 is 19.4 Å². The SMILES string of the molecule is COc1cc(C(c2ccc(Cl)s2)N2CCCCC2C(=O)O)ccc1OCc1ccccc1. The maximum absolute atomic E-state index is 12.0. The Hall–Kier alpha value is -2.54. The highest BCUT2D eigenvalue weighted by Crippen LogP contribution is 2.41. The molecule has 3 aromatic rings. The summed E-state index contributed by atoms with van der Waals surface area (Å²) in [6, 6.07) is 18.9. The Bertz CT molecular complexity index is 1060. The van der Waals surface area contributed by atoms with Gasteiger partial charge in [-0.05, 0) is 54.8 Å². The van der Waals surface area contributed by atoms with Crippen LogP contribution in [0.1, 0.15) is 41.3 Å². The highest BCUT2D eigenvalue weighted by molar-refractivity contribution is 7.16. The first-order chi connectivity index (χ1) is 15.6. The molecule has 1 saturated heterocycles. The van der Waals surface area contributed by atoms with Gasteiger partial charge in [-0.1, -0.05) is 54.4 Å². The molecule has 32 heavy (non-hydrogen) atoms. The highest BCUT2D eigenvalue weighted by Gasteiger charge is 2.36. The lowest BCUT2D eigenvalue weighted by Gasteiger charge is -2.39. The van der Waals surface area contributed by atoms with Crippen LogP contribution in [-0.4, -0.2) is 35.7 Å². The summed E-state index contributed by atoms with van der Waals surface area (Å²) in [5.41, 5.74) is 2.03. The summed E-state index contributed by atoms with van der Waals surface area (Å²) in [6.07, 6.45) is 2.52. The van der Waals surface area contributed by atoms with Gasteiger partial charge in [-0.2, -0.15) is 0 Å². The number of aliphatic carboxylic acids is 1. The van der Waals surface area contributed by atoms with Crippen molar-refractivity contribution in [2.24, 2.45) is 0 Å². The van der Waals surface area contributed by atoms with Gasteiger partial charge in [0.05, 0.1) is 17.5 Å². The Balaban J connectivity index is 1.67. The number of piperidine rings is 1. The van der Waals surface area contributed by atoms with E-state index >= 15 is 0 Å². The molecule has 2 aromatic carbocycles. The molecule has 0 radical (unpaired) electrons. The Morgan fingerprint density at radius 1 is 1.16 bits per heavy atom. The maximum atomic E-state index is 12.0. The minimum absolute atomic E-state index is 0.217. The Morgan fingerprint density at radius 2 is 1.97 bits per heavy atom. The molecule has 4 rings (SSSR count). The first kappa shape index (κ1) is 22.6. The third-order valence-corrected chi connectivity index (χ3v) is 7.05. The van der Waals surface area contributed by atoms with E-state index in [-0.39, 0.29) is 6.04 Å². The molecular weight excluding hydrogens is 446 g/mol. The largest absolute Gasteiger partial charge is 0.493 e. The molecule has 2 atom stereocenters. The number of benzene rings is 2. The van der Waals surface area contributed by atoms with Crippen LogP contribution in [0.15, 0.2) is 60.7 Å². The van der Waals surface area contributed by atoms with Crippen LogP contribution in [0, 0.1) is 0 Å². The van der Waals surface area contributed by atoms with Crippen molar-refractivity contribution >= 4 is 28.9 Å². The van der Waals surface area contributed by atoms with E-state index in [9.17, 15) is 9.90 Å². The second-order valence-electron chi connectivity index (χ2n) is 7.82. The normalized spacial score (nSPS) is 17.6. The van der Waals surface area contributed by atoms with Crippen molar-refractivity contribution in [3.63, 3.8) is 0 Å². The van der Waals surface area contributed by atoms with Crippen LogP contribution in [0.25, 0.3) is 0 Å². The predicted molar refractivity (Wildman–Crippen MR) is 127 cm³/mol. The molecule has 0 spiro atoms. The molecule has 2 heterocycles. The van der Waals surface area contributed by atoms with E-state index in [1.165, 1.54) is 11.3 Å². The zero-order valence-electron chi connectivity index (χ0n) is 17.9. The number of methoxy groups -OCH3 is 1. The summed E-state index contributed by atoms with van der Waals surface area (Å²) >= 11 is 7.73. The molecule has 1 N–H and O–H groups in total. The van der Waals surface area contributed by atoms with Gasteiger partial charge in [0.15, 0.2) is 11.5 Å². The summed E-state index contributed by atoms with van der Waals surface area (Å²) in [4.78, 5) is 15.1. The van der Waals surface area contributed by atoms with Crippen LogP contribution in [0.3, 0.4) is 0 Å². The Morgan fingerprint density at radius 3 is 2.66 bits per heavy atom. The van der Waals surface area contributed by atoms with Crippen molar-refractivity contribution in [1.82, 2.24) is 4.90 Å². The van der Waals surface area contributed by atoms with Gasteiger partial charge in [-0.15, -0.1) is 11.3 Å². The second kappa shape index (κ2) is 10.4. The van der Waals surface area contributed by atoms with Crippen LogP contribution >= 0.6 is 22.9 Å². The highest BCUT2D eigenvalue weighted by atomic mass is 35.5. The molecule has 7 heteroatoms. The molecule has 0 saturated carbocycles. The fourth-order valence-electron chi connectivity index (χ4n) is 4.23. The number of likely N-dealkylation sites (tertiary alicyclic amines) is 1. The topological polar surface area (TPSA) is 59.0 Å². The lowest BCUT2D eigenvalue weighted by atomic mass is 9.95. The number of carboxylic acid groups (broad SMARTS) is 1. The number of hydrogen-bond acceptors (Lipinski definition) is 5. The molecule has 5 nitrogen and oxygen atoms in total. The van der Waals surface area contributed by atoms with Gasteiger partial charge in [-0.3, -0.25) is 9.69 Å². The standard InChI is InChI=1S/C25H26ClNO4S/c1-30-21-15-18(10-11-20(21)31-16-17-7-3-2-4-8-17)24(22-12-13-23(26)32-22)27-14-6-5-9-19(27)25(28)29/h2-4,7-8,10-13,15,19,24H,5-6,9,14,16H2,1H3,(H,28,29). The predicted octanol–water partition coefficient (Wildman–Crippen LogP) is 6.02. The number of thiophene rings is 1. The minimum Gasteiger partial charge on any atom is -0.493 e. The third kappa shape index (κ3) is 5.09. The molecule has 0 amide bonds. The fourth-order valence-corrected chi connectivity index (χ4v) is 5.44. The summed E-state index contributed by atoms with van der Waals surface area (Å²) in [5.74, 6) is 0.485. The lowest BCUT2D eigenvalue weighted by Crippen LogP contribution is -2.46. The van der Waals surface area contributed by atoms with Crippen molar-refractivity contribution in [3.05, 3.63) is 81.0 Å². The number of ether oxygens (including phenoxy) is 2. The summed E-state index contributed by atoms with van der Waals surface area (Å²) in [5, 5.41) is 9.87. The van der Waals surface area contributed by atoms with E-state index in [1.807, 2.05) is 60.7 Å². The molecular formula is C25H26ClNO4S. The van der Waals surface area contributed by atoms with E-state index < -0.39 is 12.0 Å². The molecule has 1 aromatic heterocycles. The molecule has 168 valence electrons. The number of carbonyl (C=O) groups is 1. The van der Waals surface area contributed by atoms with Gasteiger partial charge in [0.1, 0.15) is 12.6 Å². The van der Waals surface area contributed by atoms with Crippen LogP contribution in [0.5, 0.6) is 11.5 Å². The fraction of sp³-hybridized carbons (Fsp3) is 0.320. The zero-order chi connectivity index (χ0) is 22.5. The molecule has 0 bridgehead atoms. The zero-order valence-corrected chi connectivity index (χ0v) is 19.4. The molecule has 1 aliphatic heterocycles. The van der Waals surface area contributed by atoms with Gasteiger partial charge in [-0.25, -0.2) is 0 Å². The van der Waals surface area contributed by atoms with Crippen molar-refractivity contribution in [3.8, 4) is 11.5 Å². The Kier molecular flexibility index (Phi) is 7.35. The van der Waals surface area contributed by atoms with Crippen LogP contribution in [0.4, 0.5) is 0 Å².